The average Bonchev–Trinajstić information content (AvgIpc) is 1.87. The first kappa shape index (κ1) is 9.09. The molecule has 0 bridgehead atoms. The maximum Gasteiger partial charge on any atom is 0.350 e. The Kier molecular flexibility index (Phi) is 3.63. The standard InChI is InChI=1S/C5H9NO4/c1-2-3-6(10)4(7)5(8)9/h2,4,7,10H,1,3H2,(H,8,9). The number of rotatable bonds is 4. The van der Waals surface area contributed by atoms with E-state index in [1.165, 1.54) is 6.08 Å². The van der Waals surface area contributed by atoms with Crippen LogP contribution in [0.2, 0.25) is 0 Å². The van der Waals surface area contributed by atoms with E-state index in [0.717, 1.165) is 0 Å². The number of carboxylic acids is 1. The molecule has 10 heavy (non-hydrogen) atoms. The fourth-order valence-corrected chi connectivity index (χ4v) is 0.360. The van der Waals surface area contributed by atoms with E-state index in [2.05, 4.69) is 6.58 Å². The van der Waals surface area contributed by atoms with Crippen molar-refractivity contribution in [3.05, 3.63) is 12.7 Å². The Morgan fingerprint density at radius 1 is 1.80 bits per heavy atom. The monoisotopic (exact) mass is 147 g/mol. The van der Waals surface area contributed by atoms with Crippen molar-refractivity contribution in [2.75, 3.05) is 6.54 Å². The second kappa shape index (κ2) is 3.99. The van der Waals surface area contributed by atoms with Gasteiger partial charge < -0.3 is 15.4 Å². The van der Waals surface area contributed by atoms with Crippen molar-refractivity contribution < 1.29 is 20.2 Å². The average molecular weight is 147 g/mol. The maximum absolute atomic E-state index is 9.93. The number of hydrogen-bond donors (Lipinski definition) is 3. The molecule has 0 spiro atoms. The van der Waals surface area contributed by atoms with Crippen molar-refractivity contribution in [1.29, 1.82) is 0 Å². The van der Waals surface area contributed by atoms with Crippen LogP contribution >= 0.6 is 0 Å². The van der Waals surface area contributed by atoms with Crippen LogP contribution in [0.4, 0.5) is 0 Å². The molecule has 0 rings (SSSR count). The van der Waals surface area contributed by atoms with Gasteiger partial charge in [-0.1, -0.05) is 6.08 Å². The van der Waals surface area contributed by atoms with Gasteiger partial charge in [-0.2, -0.15) is 0 Å². The Labute approximate surface area is 57.8 Å². The predicted molar refractivity (Wildman–Crippen MR) is 32.3 cm³/mol. The molecule has 0 aliphatic heterocycles. The first-order valence-electron chi connectivity index (χ1n) is 2.57. The van der Waals surface area contributed by atoms with E-state index in [9.17, 15) is 4.79 Å². The molecule has 1 unspecified atom stereocenters. The lowest BCUT2D eigenvalue weighted by Gasteiger charge is -2.14. The van der Waals surface area contributed by atoms with E-state index in [0.29, 0.717) is 0 Å². The lowest BCUT2D eigenvalue weighted by atomic mass is 10.5. The summed E-state index contributed by atoms with van der Waals surface area (Å²) in [7, 11) is 0. The van der Waals surface area contributed by atoms with Crippen LogP contribution in [0.5, 0.6) is 0 Å². The molecule has 0 aliphatic rings. The topological polar surface area (TPSA) is 81.0 Å². The second-order valence-electron chi connectivity index (χ2n) is 1.62. The molecular weight excluding hydrogens is 138 g/mol. The van der Waals surface area contributed by atoms with Gasteiger partial charge in [0.1, 0.15) is 0 Å². The summed E-state index contributed by atoms with van der Waals surface area (Å²) < 4.78 is 0. The van der Waals surface area contributed by atoms with Crippen LogP contribution in [0, 0.1) is 0 Å². The fraction of sp³-hybridized carbons (Fsp3) is 0.400. The predicted octanol–water partition coefficient (Wildman–Crippen LogP) is -0.733. The third-order valence-electron chi connectivity index (χ3n) is 0.819. The number of nitrogens with zero attached hydrogens (tertiary/aromatic N) is 1. The van der Waals surface area contributed by atoms with Crippen LogP contribution in [0.15, 0.2) is 12.7 Å². The van der Waals surface area contributed by atoms with E-state index in [-0.39, 0.29) is 11.6 Å². The van der Waals surface area contributed by atoms with Gasteiger partial charge in [0, 0.05) is 6.54 Å². The SMILES string of the molecule is C=CCN(O)C(O)C(=O)O. The first-order chi connectivity index (χ1) is 4.59. The van der Waals surface area contributed by atoms with E-state index in [1.54, 1.807) is 0 Å². The van der Waals surface area contributed by atoms with Gasteiger partial charge in [0.15, 0.2) is 0 Å². The number of carboxylic acid groups (broad SMARTS) is 1. The highest BCUT2D eigenvalue weighted by Crippen LogP contribution is 1.90. The first-order valence-corrected chi connectivity index (χ1v) is 2.57. The van der Waals surface area contributed by atoms with Crippen LogP contribution in [-0.2, 0) is 4.79 Å². The highest BCUT2D eigenvalue weighted by molar-refractivity contribution is 5.71. The number of hydroxylamine groups is 2. The molecule has 0 amide bonds. The zero-order valence-electron chi connectivity index (χ0n) is 5.27. The molecule has 5 heteroatoms. The number of aliphatic hydroxyl groups is 1. The molecule has 0 saturated carbocycles. The van der Waals surface area contributed by atoms with E-state index < -0.39 is 12.2 Å². The van der Waals surface area contributed by atoms with Crippen molar-refractivity contribution in [3.63, 3.8) is 0 Å². The van der Waals surface area contributed by atoms with E-state index in [4.69, 9.17) is 15.4 Å². The van der Waals surface area contributed by atoms with Crippen LogP contribution in [0.3, 0.4) is 0 Å². The molecular formula is C5H9NO4. The second-order valence-corrected chi connectivity index (χ2v) is 1.62. The summed E-state index contributed by atoms with van der Waals surface area (Å²) >= 11 is 0. The molecule has 0 aromatic heterocycles. The van der Waals surface area contributed by atoms with Crippen molar-refractivity contribution >= 4 is 5.97 Å². The van der Waals surface area contributed by atoms with Gasteiger partial charge >= 0.3 is 5.97 Å². The molecule has 3 N–H and O–H groups in total. The quantitative estimate of drug-likeness (QED) is 0.277. The van der Waals surface area contributed by atoms with Crippen molar-refractivity contribution in [1.82, 2.24) is 5.06 Å². The van der Waals surface area contributed by atoms with Gasteiger partial charge in [-0.3, -0.25) is 0 Å². The summed E-state index contributed by atoms with van der Waals surface area (Å²) in [5, 5.41) is 25.5. The number of aliphatic hydroxyl groups excluding tert-OH is 1. The normalized spacial score (nSPS) is 13.1. The molecule has 58 valence electrons. The Morgan fingerprint density at radius 3 is 2.60 bits per heavy atom. The molecule has 1 atom stereocenters. The minimum Gasteiger partial charge on any atom is -0.478 e. The summed E-state index contributed by atoms with van der Waals surface area (Å²) in [5.74, 6) is -1.50. The third-order valence-corrected chi connectivity index (χ3v) is 0.819. The molecule has 0 aromatic carbocycles. The van der Waals surface area contributed by atoms with Gasteiger partial charge in [-0.15, -0.1) is 11.6 Å². The summed E-state index contributed by atoms with van der Waals surface area (Å²) in [6, 6.07) is 0. The summed E-state index contributed by atoms with van der Waals surface area (Å²) in [5.41, 5.74) is 0. The molecule has 0 aromatic rings. The summed E-state index contributed by atoms with van der Waals surface area (Å²) in [6.07, 6.45) is -0.607. The molecule has 0 aliphatic carbocycles. The van der Waals surface area contributed by atoms with Gasteiger partial charge in [0.2, 0.25) is 6.23 Å². The zero-order valence-corrected chi connectivity index (χ0v) is 5.27. The maximum atomic E-state index is 9.93. The fourth-order valence-electron chi connectivity index (χ4n) is 0.360. The molecule has 0 radical (unpaired) electrons. The molecule has 0 heterocycles. The Morgan fingerprint density at radius 2 is 2.30 bits per heavy atom. The van der Waals surface area contributed by atoms with Crippen LogP contribution in [-0.4, -0.2) is 39.2 Å². The van der Waals surface area contributed by atoms with Crippen LogP contribution in [0.1, 0.15) is 0 Å². The number of hydrogen-bond acceptors (Lipinski definition) is 4. The van der Waals surface area contributed by atoms with Gasteiger partial charge in [0.25, 0.3) is 0 Å². The Balaban J connectivity index is 3.80. The van der Waals surface area contributed by atoms with E-state index >= 15 is 0 Å². The van der Waals surface area contributed by atoms with Crippen LogP contribution < -0.4 is 0 Å². The van der Waals surface area contributed by atoms with Crippen molar-refractivity contribution in [3.8, 4) is 0 Å². The lowest BCUT2D eigenvalue weighted by molar-refractivity contribution is -0.206. The van der Waals surface area contributed by atoms with Gasteiger partial charge in [-0.05, 0) is 0 Å². The Hall–Kier alpha value is -0.910. The van der Waals surface area contributed by atoms with Crippen molar-refractivity contribution in [2.24, 2.45) is 0 Å². The minimum atomic E-state index is -1.88. The van der Waals surface area contributed by atoms with Gasteiger partial charge in [0.05, 0.1) is 0 Å². The summed E-state index contributed by atoms with van der Waals surface area (Å²) in [6.45, 7) is 3.15. The summed E-state index contributed by atoms with van der Waals surface area (Å²) in [4.78, 5) is 9.93. The molecule has 0 fully saturated rings. The molecule has 0 saturated heterocycles. The Bertz CT molecular complexity index is 136. The van der Waals surface area contributed by atoms with Crippen molar-refractivity contribution in [2.45, 2.75) is 6.23 Å². The van der Waals surface area contributed by atoms with Gasteiger partial charge in [-0.25, -0.2) is 4.79 Å². The highest BCUT2D eigenvalue weighted by Gasteiger charge is 2.18. The smallest absolute Gasteiger partial charge is 0.350 e. The third kappa shape index (κ3) is 2.58. The number of aliphatic carboxylic acids is 1. The molecule has 5 nitrogen and oxygen atoms in total. The number of carbonyl (C=O) groups is 1. The largest absolute Gasteiger partial charge is 0.478 e. The van der Waals surface area contributed by atoms with Crippen LogP contribution in [0.25, 0.3) is 0 Å². The highest BCUT2D eigenvalue weighted by atomic mass is 16.5. The minimum absolute atomic E-state index is 0.0898. The lowest BCUT2D eigenvalue weighted by Crippen LogP contribution is -2.38. The zero-order chi connectivity index (χ0) is 8.15. The van der Waals surface area contributed by atoms with E-state index in [1.807, 2.05) is 0 Å².